The molecule has 0 saturated heterocycles. The first-order valence-corrected chi connectivity index (χ1v) is 9.14. The van der Waals surface area contributed by atoms with E-state index in [2.05, 4.69) is 35.8 Å². The molecule has 4 aromatic rings. The van der Waals surface area contributed by atoms with Gasteiger partial charge in [0.2, 0.25) is 5.78 Å². The molecule has 8 heteroatoms. The number of nitrogens with zero attached hydrogens (tertiary/aromatic N) is 2. The van der Waals surface area contributed by atoms with E-state index in [-0.39, 0.29) is 5.78 Å². The van der Waals surface area contributed by atoms with E-state index >= 15 is 0 Å². The quantitative estimate of drug-likeness (QED) is 0.314. The average Bonchev–Trinajstić information content (AvgIpc) is 3.35. The van der Waals surface area contributed by atoms with Crippen LogP contribution < -0.4 is 10.9 Å². The van der Waals surface area contributed by atoms with Crippen LogP contribution in [0, 0.1) is 0 Å². The summed E-state index contributed by atoms with van der Waals surface area (Å²) < 4.78 is 0. The van der Waals surface area contributed by atoms with Gasteiger partial charge in [0.15, 0.2) is 5.78 Å². The molecule has 3 aromatic heterocycles. The number of allylic oxidation sites excluding steroid dienone is 1. The van der Waals surface area contributed by atoms with Gasteiger partial charge in [-0.2, -0.15) is 4.98 Å². The van der Waals surface area contributed by atoms with Crippen molar-refractivity contribution in [2.24, 2.45) is 0 Å². The second-order valence-corrected chi connectivity index (χ2v) is 6.93. The molecule has 0 atom stereocenters. The summed E-state index contributed by atoms with van der Waals surface area (Å²) >= 11 is 0. The van der Waals surface area contributed by atoms with Crippen molar-refractivity contribution in [1.29, 1.82) is 0 Å². The van der Waals surface area contributed by atoms with Crippen molar-refractivity contribution in [2.75, 3.05) is 10.9 Å². The molecule has 0 fully saturated rings. The molecule has 0 unspecified atom stereocenters. The van der Waals surface area contributed by atoms with Gasteiger partial charge in [-0.05, 0) is 48.6 Å². The van der Waals surface area contributed by atoms with E-state index in [9.17, 15) is 4.79 Å². The van der Waals surface area contributed by atoms with E-state index in [0.29, 0.717) is 22.8 Å². The minimum Gasteiger partial charge on any atom is -0.354 e. The summed E-state index contributed by atoms with van der Waals surface area (Å²) in [5.41, 5.74) is 11.9. The van der Waals surface area contributed by atoms with Crippen LogP contribution in [0.2, 0.25) is 0 Å². The van der Waals surface area contributed by atoms with Crippen LogP contribution in [0.4, 0.5) is 11.5 Å². The Hall–Kier alpha value is -4.33. The Bertz CT molecular complexity index is 1490. The van der Waals surface area contributed by atoms with Crippen LogP contribution >= 0.6 is 0 Å². The molecule has 1 aliphatic heterocycles. The molecule has 140 valence electrons. The van der Waals surface area contributed by atoms with Gasteiger partial charge in [-0.3, -0.25) is 15.6 Å². The fourth-order valence-electron chi connectivity index (χ4n) is 3.59. The summed E-state index contributed by atoms with van der Waals surface area (Å²) in [7, 11) is 0. The van der Waals surface area contributed by atoms with Crippen LogP contribution in [0.25, 0.3) is 39.4 Å². The molecule has 29 heavy (non-hydrogen) atoms. The highest BCUT2D eigenvalue weighted by atomic mass is 16.1. The Balaban J connectivity index is 1.78. The van der Waals surface area contributed by atoms with E-state index < -0.39 is 0 Å². The van der Waals surface area contributed by atoms with Gasteiger partial charge < -0.3 is 15.0 Å². The second-order valence-electron chi connectivity index (χ2n) is 6.93. The number of anilines is 2. The summed E-state index contributed by atoms with van der Waals surface area (Å²) in [6.07, 6.45) is 5.09. The van der Waals surface area contributed by atoms with Gasteiger partial charge in [0.25, 0.3) is 0 Å². The predicted octanol–water partition coefficient (Wildman–Crippen LogP) is 4.13. The number of aromatic nitrogens is 5. The Morgan fingerprint density at radius 1 is 0.828 bits per heavy atom. The Labute approximate surface area is 163 Å². The standard InChI is InChI=1S/C21H15N7O/c29-18-4-1-11-8-14(18)17-9-12-7-13(2-3-15(12)24-17)23-19-5-6-22-21(25-19)26-20-10-16(11)27-28-20/h1-10,24,27-28H,(H2,22,23,25,26). The topological polar surface area (TPSA) is 114 Å². The lowest BCUT2D eigenvalue weighted by Crippen LogP contribution is -2.05. The van der Waals surface area contributed by atoms with Crippen molar-refractivity contribution in [3.05, 3.63) is 65.9 Å². The van der Waals surface area contributed by atoms with Gasteiger partial charge >= 0.3 is 0 Å². The number of rotatable bonds is 0. The number of aromatic amines is 3. The molecular weight excluding hydrogens is 366 g/mol. The Morgan fingerprint density at radius 3 is 2.76 bits per heavy atom. The van der Waals surface area contributed by atoms with Crippen LogP contribution in [0.5, 0.6) is 0 Å². The van der Waals surface area contributed by atoms with E-state index in [1.54, 1.807) is 18.3 Å². The fourth-order valence-corrected chi connectivity index (χ4v) is 3.59. The molecule has 0 radical (unpaired) electrons. The third kappa shape index (κ3) is 2.66. The molecule has 0 amide bonds. The van der Waals surface area contributed by atoms with E-state index in [1.165, 1.54) is 0 Å². The summed E-state index contributed by atoms with van der Waals surface area (Å²) in [5.74, 6) is 1.14. The number of H-pyrrole nitrogens is 3. The highest BCUT2D eigenvalue weighted by Crippen LogP contribution is 2.27. The van der Waals surface area contributed by atoms with Gasteiger partial charge in [-0.1, -0.05) is 0 Å². The molecule has 9 bridgehead atoms. The number of nitrogens with one attached hydrogen (secondary N) is 5. The maximum absolute atomic E-state index is 12.6. The third-order valence-corrected chi connectivity index (χ3v) is 5.00. The molecule has 8 nitrogen and oxygen atoms in total. The van der Waals surface area contributed by atoms with Crippen molar-refractivity contribution in [3.63, 3.8) is 0 Å². The van der Waals surface area contributed by atoms with E-state index in [4.69, 9.17) is 0 Å². The highest BCUT2D eigenvalue weighted by Gasteiger charge is 2.14. The van der Waals surface area contributed by atoms with Gasteiger partial charge in [0, 0.05) is 39.8 Å². The van der Waals surface area contributed by atoms with Crippen molar-refractivity contribution in [2.45, 2.75) is 0 Å². The van der Waals surface area contributed by atoms with Crippen LogP contribution in [-0.2, 0) is 0 Å². The number of carbonyl (C=O) groups excluding carboxylic acids is 1. The minimum absolute atomic E-state index is 0.0305. The SMILES string of the molecule is O=C1C=Cc2cc1c1cc3cc(ccc3[nH]1)[nH]c1ccnc(n1)[nH]c1cc2NN1. The smallest absolute Gasteiger partial charge is 0.230 e. The second kappa shape index (κ2) is 5.83. The van der Waals surface area contributed by atoms with Crippen molar-refractivity contribution in [1.82, 2.24) is 24.9 Å². The predicted molar refractivity (Wildman–Crippen MR) is 113 cm³/mol. The molecule has 0 spiro atoms. The van der Waals surface area contributed by atoms with Gasteiger partial charge in [-0.25, -0.2) is 4.98 Å². The molecule has 4 heterocycles. The average molecular weight is 381 g/mol. The highest BCUT2D eigenvalue weighted by molar-refractivity contribution is 6.14. The number of benzene rings is 1. The van der Waals surface area contributed by atoms with Crippen LogP contribution in [0.15, 0.2) is 54.7 Å². The summed E-state index contributed by atoms with van der Waals surface area (Å²) in [6.45, 7) is 0. The van der Waals surface area contributed by atoms with Crippen molar-refractivity contribution < 1.29 is 4.79 Å². The van der Waals surface area contributed by atoms with Gasteiger partial charge in [-0.15, -0.1) is 0 Å². The lowest BCUT2D eigenvalue weighted by atomic mass is 10.0. The normalized spacial score (nSPS) is 13.3. The number of hydrogen-bond acceptors (Lipinski definition) is 5. The number of fused-ring (bicyclic) bond motifs is 10. The minimum atomic E-state index is -0.0305. The maximum atomic E-state index is 12.6. The van der Waals surface area contributed by atoms with Crippen LogP contribution in [0.1, 0.15) is 15.9 Å². The third-order valence-electron chi connectivity index (χ3n) is 5.00. The molecular formula is C21H15N7O. The molecule has 1 aliphatic carbocycles. The first kappa shape index (κ1) is 15.7. The summed E-state index contributed by atoms with van der Waals surface area (Å²) in [5, 5.41) is 1.00. The van der Waals surface area contributed by atoms with Gasteiger partial charge in [0.05, 0.1) is 11.2 Å². The van der Waals surface area contributed by atoms with Gasteiger partial charge in [0.1, 0.15) is 11.5 Å². The zero-order valence-electron chi connectivity index (χ0n) is 15.1. The molecule has 5 N–H and O–H groups in total. The Morgan fingerprint density at radius 2 is 1.79 bits per heavy atom. The monoisotopic (exact) mass is 381 g/mol. The zero-order chi connectivity index (χ0) is 19.4. The molecule has 1 aromatic carbocycles. The summed E-state index contributed by atoms with van der Waals surface area (Å²) in [4.78, 5) is 31.2. The lowest BCUT2D eigenvalue weighted by molar-refractivity contribution is 0.104. The van der Waals surface area contributed by atoms with E-state index in [0.717, 1.165) is 33.2 Å². The lowest BCUT2D eigenvalue weighted by Gasteiger charge is -2.06. The van der Waals surface area contributed by atoms with Crippen molar-refractivity contribution >= 4 is 56.7 Å². The Kier molecular flexibility index (Phi) is 3.16. The van der Waals surface area contributed by atoms with E-state index in [1.807, 2.05) is 42.5 Å². The zero-order valence-corrected chi connectivity index (χ0v) is 15.1. The first-order valence-electron chi connectivity index (χ1n) is 9.14. The molecule has 0 saturated carbocycles. The fraction of sp³-hybridized carbons (Fsp3) is 0. The first-order chi connectivity index (χ1) is 14.2. The largest absolute Gasteiger partial charge is 0.354 e. The molecule has 6 rings (SSSR count). The number of hydrogen-bond donors (Lipinski definition) is 5. The van der Waals surface area contributed by atoms with Crippen LogP contribution in [0.3, 0.4) is 0 Å². The number of hydrazine groups is 1. The maximum Gasteiger partial charge on any atom is 0.230 e. The van der Waals surface area contributed by atoms with Crippen LogP contribution in [-0.4, -0.2) is 30.7 Å². The number of ketones is 1. The molecule has 2 aliphatic rings. The summed E-state index contributed by atoms with van der Waals surface area (Å²) in [6, 6.07) is 13.6. The van der Waals surface area contributed by atoms with Crippen molar-refractivity contribution in [3.8, 4) is 0 Å². The number of carbonyl (C=O) groups is 1.